The Morgan fingerprint density at radius 3 is 1.62 bits per heavy atom. The summed E-state index contributed by atoms with van der Waals surface area (Å²) < 4.78 is 23.7. The van der Waals surface area contributed by atoms with Crippen LogP contribution in [0.15, 0.2) is 60.7 Å². The topological polar surface area (TPSA) is 77.2 Å². The highest BCUT2D eigenvalue weighted by Gasteiger charge is 2.51. The standard InChI is InChI=1S/C16H17NO3S/c1-2-21(19,20)16(15(17)18,13-9-5-3-6-10-13)14-11-7-4-8-12-14/h3-12H,2H2,1H3,(H2,17,18). The van der Waals surface area contributed by atoms with Crippen LogP contribution in [0.4, 0.5) is 0 Å². The first-order valence-electron chi connectivity index (χ1n) is 6.60. The smallest absolute Gasteiger partial charge is 0.248 e. The molecule has 21 heavy (non-hydrogen) atoms. The van der Waals surface area contributed by atoms with Crippen molar-refractivity contribution in [3.63, 3.8) is 0 Å². The molecule has 0 unspecified atom stereocenters. The van der Waals surface area contributed by atoms with Gasteiger partial charge in [-0.2, -0.15) is 0 Å². The molecule has 0 atom stereocenters. The molecule has 2 aromatic rings. The van der Waals surface area contributed by atoms with Crippen molar-refractivity contribution in [3.05, 3.63) is 71.8 Å². The normalized spacial score (nSPS) is 12.0. The Hall–Kier alpha value is -2.14. The number of hydrogen-bond acceptors (Lipinski definition) is 3. The molecule has 2 N–H and O–H groups in total. The third-order valence-electron chi connectivity index (χ3n) is 3.55. The van der Waals surface area contributed by atoms with Gasteiger partial charge in [-0.25, -0.2) is 8.42 Å². The van der Waals surface area contributed by atoms with E-state index in [4.69, 9.17) is 5.73 Å². The van der Waals surface area contributed by atoms with Gasteiger partial charge in [0.05, 0.1) is 0 Å². The highest BCUT2D eigenvalue weighted by atomic mass is 32.2. The van der Waals surface area contributed by atoms with Crippen LogP contribution >= 0.6 is 0 Å². The predicted octanol–water partition coefficient (Wildman–Crippen LogP) is 1.85. The Balaban J connectivity index is 2.90. The molecule has 2 aromatic carbocycles. The molecule has 0 aliphatic carbocycles. The van der Waals surface area contributed by atoms with Gasteiger partial charge in [-0.3, -0.25) is 4.79 Å². The van der Waals surface area contributed by atoms with Gasteiger partial charge in [0.1, 0.15) is 0 Å². The van der Waals surface area contributed by atoms with Crippen LogP contribution < -0.4 is 5.73 Å². The van der Waals surface area contributed by atoms with Crippen molar-refractivity contribution >= 4 is 15.7 Å². The molecular formula is C16H17NO3S. The van der Waals surface area contributed by atoms with E-state index in [-0.39, 0.29) is 5.75 Å². The molecule has 0 radical (unpaired) electrons. The fraction of sp³-hybridized carbons (Fsp3) is 0.188. The van der Waals surface area contributed by atoms with Gasteiger partial charge in [-0.1, -0.05) is 67.6 Å². The molecule has 0 heterocycles. The maximum absolute atomic E-state index is 12.8. The number of hydrogen-bond donors (Lipinski definition) is 1. The number of benzene rings is 2. The molecule has 2 rings (SSSR count). The van der Waals surface area contributed by atoms with Crippen molar-refractivity contribution in [1.29, 1.82) is 0 Å². The summed E-state index contributed by atoms with van der Waals surface area (Å²) in [5, 5.41) is 0. The van der Waals surface area contributed by atoms with Gasteiger partial charge in [-0.05, 0) is 11.1 Å². The summed E-state index contributed by atoms with van der Waals surface area (Å²) in [4.78, 5) is 12.3. The molecular weight excluding hydrogens is 286 g/mol. The van der Waals surface area contributed by atoms with Crippen molar-refractivity contribution < 1.29 is 13.2 Å². The minimum Gasteiger partial charge on any atom is -0.368 e. The van der Waals surface area contributed by atoms with E-state index < -0.39 is 20.5 Å². The fourth-order valence-electron chi connectivity index (χ4n) is 2.53. The van der Waals surface area contributed by atoms with Crippen molar-refractivity contribution in [2.24, 2.45) is 5.73 Å². The van der Waals surface area contributed by atoms with E-state index in [2.05, 4.69) is 0 Å². The summed E-state index contributed by atoms with van der Waals surface area (Å²) in [7, 11) is -3.80. The lowest BCUT2D eigenvalue weighted by atomic mass is 9.89. The second-order valence-electron chi connectivity index (χ2n) is 4.68. The van der Waals surface area contributed by atoms with Crippen LogP contribution in [-0.4, -0.2) is 20.1 Å². The number of sulfone groups is 1. The molecule has 0 saturated heterocycles. The number of primary amides is 1. The predicted molar refractivity (Wildman–Crippen MR) is 82.3 cm³/mol. The summed E-state index contributed by atoms with van der Waals surface area (Å²) in [5.41, 5.74) is 6.31. The van der Waals surface area contributed by atoms with Gasteiger partial charge in [0, 0.05) is 5.75 Å². The van der Waals surface area contributed by atoms with Crippen LogP contribution in [0.5, 0.6) is 0 Å². The van der Waals surface area contributed by atoms with E-state index in [1.165, 1.54) is 6.92 Å². The van der Waals surface area contributed by atoms with E-state index >= 15 is 0 Å². The van der Waals surface area contributed by atoms with E-state index in [1.807, 2.05) is 0 Å². The molecule has 0 saturated carbocycles. The largest absolute Gasteiger partial charge is 0.368 e. The Kier molecular flexibility index (Phi) is 4.14. The molecule has 0 aliphatic rings. The van der Waals surface area contributed by atoms with Crippen LogP contribution in [0.3, 0.4) is 0 Å². The quantitative estimate of drug-likeness (QED) is 0.915. The summed E-state index contributed by atoms with van der Waals surface area (Å²) in [5.74, 6) is -1.07. The minimum absolute atomic E-state index is 0.181. The third kappa shape index (κ3) is 2.34. The van der Waals surface area contributed by atoms with E-state index in [0.29, 0.717) is 11.1 Å². The lowest BCUT2D eigenvalue weighted by Crippen LogP contribution is -2.49. The fourth-order valence-corrected chi connectivity index (χ4v) is 4.26. The molecule has 1 amide bonds. The molecule has 0 aromatic heterocycles. The van der Waals surface area contributed by atoms with Crippen LogP contribution in [-0.2, 0) is 19.4 Å². The highest BCUT2D eigenvalue weighted by molar-refractivity contribution is 7.93. The zero-order chi connectivity index (χ0) is 15.5. The zero-order valence-electron chi connectivity index (χ0n) is 11.7. The highest BCUT2D eigenvalue weighted by Crippen LogP contribution is 2.38. The number of rotatable bonds is 5. The van der Waals surface area contributed by atoms with E-state index in [1.54, 1.807) is 60.7 Å². The Morgan fingerprint density at radius 2 is 1.33 bits per heavy atom. The van der Waals surface area contributed by atoms with Gasteiger partial charge < -0.3 is 5.73 Å². The van der Waals surface area contributed by atoms with Gasteiger partial charge in [0.15, 0.2) is 14.6 Å². The Labute approximate surface area is 124 Å². The number of carbonyl (C=O) groups is 1. The summed E-state index contributed by atoms with van der Waals surface area (Å²) in [6.07, 6.45) is 0. The maximum Gasteiger partial charge on any atom is 0.248 e. The number of carbonyl (C=O) groups excluding carboxylic acids is 1. The first kappa shape index (κ1) is 15.3. The average molecular weight is 303 g/mol. The van der Waals surface area contributed by atoms with Crippen molar-refractivity contribution in [2.75, 3.05) is 5.75 Å². The monoisotopic (exact) mass is 303 g/mol. The summed E-state index contributed by atoms with van der Waals surface area (Å²) in [6.45, 7) is 1.51. The zero-order valence-corrected chi connectivity index (χ0v) is 12.5. The molecule has 110 valence electrons. The summed E-state index contributed by atoms with van der Waals surface area (Å²) >= 11 is 0. The molecule has 0 fully saturated rings. The van der Waals surface area contributed by atoms with E-state index in [9.17, 15) is 13.2 Å². The SMILES string of the molecule is CCS(=O)(=O)C(C(N)=O)(c1ccccc1)c1ccccc1. The summed E-state index contributed by atoms with van der Waals surface area (Å²) in [6, 6.07) is 16.8. The second kappa shape index (κ2) is 5.69. The van der Waals surface area contributed by atoms with Gasteiger partial charge >= 0.3 is 0 Å². The van der Waals surface area contributed by atoms with Gasteiger partial charge in [-0.15, -0.1) is 0 Å². The lowest BCUT2D eigenvalue weighted by molar-refractivity contribution is -0.119. The lowest BCUT2D eigenvalue weighted by Gasteiger charge is -2.31. The van der Waals surface area contributed by atoms with Crippen molar-refractivity contribution in [2.45, 2.75) is 11.7 Å². The maximum atomic E-state index is 12.8. The van der Waals surface area contributed by atoms with Crippen LogP contribution in [0.2, 0.25) is 0 Å². The molecule has 5 heteroatoms. The Bertz CT molecular complexity index is 685. The molecule has 0 spiro atoms. The minimum atomic E-state index is -3.80. The number of nitrogens with two attached hydrogens (primary N) is 1. The van der Waals surface area contributed by atoms with Crippen molar-refractivity contribution in [1.82, 2.24) is 0 Å². The van der Waals surface area contributed by atoms with Gasteiger partial charge in [0.25, 0.3) is 0 Å². The molecule has 4 nitrogen and oxygen atoms in total. The Morgan fingerprint density at radius 1 is 0.952 bits per heavy atom. The van der Waals surface area contributed by atoms with Crippen LogP contribution in [0, 0.1) is 0 Å². The first-order valence-corrected chi connectivity index (χ1v) is 8.25. The number of amides is 1. The first-order chi connectivity index (χ1) is 9.96. The van der Waals surface area contributed by atoms with Crippen LogP contribution in [0.25, 0.3) is 0 Å². The third-order valence-corrected chi connectivity index (χ3v) is 5.92. The van der Waals surface area contributed by atoms with Crippen molar-refractivity contribution in [3.8, 4) is 0 Å². The molecule has 0 aliphatic heterocycles. The molecule has 0 bridgehead atoms. The second-order valence-corrected chi connectivity index (χ2v) is 7.10. The van der Waals surface area contributed by atoms with Gasteiger partial charge in [0.2, 0.25) is 5.91 Å². The average Bonchev–Trinajstić information content (AvgIpc) is 2.49. The van der Waals surface area contributed by atoms with E-state index in [0.717, 1.165) is 0 Å². The van der Waals surface area contributed by atoms with Crippen LogP contribution in [0.1, 0.15) is 18.1 Å².